The van der Waals surface area contributed by atoms with Gasteiger partial charge in [-0.2, -0.15) is 5.26 Å². The molecule has 1 unspecified atom stereocenters. The second-order valence-electron chi connectivity index (χ2n) is 9.30. The standard InChI is InChI=1S/C32H24Cl2N2O5/c1-19-4-2-6-23(12-19)39-18-30(37)40-25-10-11-26-29(15-25)41-32(36)27(16-35)31(26)20-5-3-7-24(13-20)38-17-21-8-9-22(33)14-28(21)34/h2-15,31H,17-18,36H2,1H3. The first-order valence-corrected chi connectivity index (χ1v) is 13.3. The maximum atomic E-state index is 12.4. The number of nitrogens with zero attached hydrogens (tertiary/aromatic N) is 1. The van der Waals surface area contributed by atoms with Crippen LogP contribution in [0.2, 0.25) is 10.0 Å². The SMILES string of the molecule is Cc1cccc(OCC(=O)Oc2ccc3c(c2)OC(N)=C(C#N)C3c2cccc(OCc3ccc(Cl)cc3Cl)c2)c1. The number of carbonyl (C=O) groups excluding carboxylic acids is 1. The highest BCUT2D eigenvalue weighted by atomic mass is 35.5. The molecule has 206 valence electrons. The number of halogens is 2. The van der Waals surface area contributed by atoms with Gasteiger partial charge in [0, 0.05) is 27.2 Å². The summed E-state index contributed by atoms with van der Waals surface area (Å²) in [5.74, 6) is 0.641. The Hall–Kier alpha value is -4.64. The summed E-state index contributed by atoms with van der Waals surface area (Å²) in [5.41, 5.74) is 9.67. The minimum Gasteiger partial charge on any atom is -0.489 e. The molecule has 9 heteroatoms. The Morgan fingerprint density at radius 3 is 2.49 bits per heavy atom. The normalized spacial score (nSPS) is 14.0. The number of nitrogens with two attached hydrogens (primary N) is 1. The van der Waals surface area contributed by atoms with Gasteiger partial charge in [-0.25, -0.2) is 4.79 Å². The minimum atomic E-state index is -0.578. The Bertz CT molecular complexity index is 1700. The maximum absolute atomic E-state index is 12.4. The van der Waals surface area contributed by atoms with Crippen LogP contribution in [-0.2, 0) is 11.4 Å². The van der Waals surface area contributed by atoms with Crippen LogP contribution in [0.3, 0.4) is 0 Å². The second kappa shape index (κ2) is 12.3. The summed E-state index contributed by atoms with van der Waals surface area (Å²) in [6, 6.07) is 27.1. The quantitative estimate of drug-likeness (QED) is 0.174. The molecule has 41 heavy (non-hydrogen) atoms. The highest BCUT2D eigenvalue weighted by Gasteiger charge is 2.31. The molecule has 0 spiro atoms. The zero-order valence-electron chi connectivity index (χ0n) is 21.9. The van der Waals surface area contributed by atoms with Crippen molar-refractivity contribution in [3.8, 4) is 29.1 Å². The number of nitriles is 1. The lowest BCUT2D eigenvalue weighted by atomic mass is 9.83. The van der Waals surface area contributed by atoms with Crippen LogP contribution < -0.4 is 24.7 Å². The molecule has 0 saturated carbocycles. The fraction of sp³-hybridized carbons (Fsp3) is 0.125. The predicted octanol–water partition coefficient (Wildman–Crippen LogP) is 7.08. The molecule has 0 radical (unpaired) electrons. The molecule has 0 saturated heterocycles. The topological polar surface area (TPSA) is 104 Å². The summed E-state index contributed by atoms with van der Waals surface area (Å²) in [6.45, 7) is 1.90. The molecule has 1 heterocycles. The Labute approximate surface area is 247 Å². The van der Waals surface area contributed by atoms with E-state index in [0.29, 0.717) is 32.9 Å². The summed E-state index contributed by atoms with van der Waals surface area (Å²) in [5, 5.41) is 11.0. The van der Waals surface area contributed by atoms with Crippen molar-refractivity contribution in [3.63, 3.8) is 0 Å². The van der Waals surface area contributed by atoms with E-state index in [1.165, 1.54) is 0 Å². The van der Waals surface area contributed by atoms with Crippen LogP contribution in [0.15, 0.2) is 96.4 Å². The number of rotatable bonds is 8. The van der Waals surface area contributed by atoms with Crippen LogP contribution in [0.4, 0.5) is 0 Å². The Morgan fingerprint density at radius 1 is 0.951 bits per heavy atom. The van der Waals surface area contributed by atoms with E-state index in [4.69, 9.17) is 47.9 Å². The molecule has 2 N–H and O–H groups in total. The van der Waals surface area contributed by atoms with Crippen molar-refractivity contribution in [1.29, 1.82) is 5.26 Å². The largest absolute Gasteiger partial charge is 0.489 e. The molecular weight excluding hydrogens is 563 g/mol. The Kier molecular flexibility index (Phi) is 8.34. The van der Waals surface area contributed by atoms with Crippen LogP contribution in [0, 0.1) is 18.3 Å². The first-order chi connectivity index (χ1) is 19.8. The van der Waals surface area contributed by atoms with E-state index in [-0.39, 0.29) is 30.4 Å². The van der Waals surface area contributed by atoms with Gasteiger partial charge in [0.2, 0.25) is 5.88 Å². The third kappa shape index (κ3) is 6.58. The van der Waals surface area contributed by atoms with Crippen molar-refractivity contribution in [2.75, 3.05) is 6.61 Å². The highest BCUT2D eigenvalue weighted by molar-refractivity contribution is 6.35. The van der Waals surface area contributed by atoms with Crippen molar-refractivity contribution < 1.29 is 23.7 Å². The van der Waals surface area contributed by atoms with Gasteiger partial charge in [-0.1, -0.05) is 59.6 Å². The van der Waals surface area contributed by atoms with Gasteiger partial charge < -0.3 is 24.7 Å². The zero-order valence-corrected chi connectivity index (χ0v) is 23.4. The van der Waals surface area contributed by atoms with Crippen LogP contribution in [0.5, 0.6) is 23.0 Å². The van der Waals surface area contributed by atoms with Crippen molar-refractivity contribution in [2.24, 2.45) is 5.73 Å². The van der Waals surface area contributed by atoms with Gasteiger partial charge in [-0.3, -0.25) is 0 Å². The average Bonchev–Trinajstić information content (AvgIpc) is 2.95. The summed E-state index contributed by atoms with van der Waals surface area (Å²) in [6.07, 6.45) is 0. The van der Waals surface area contributed by atoms with E-state index in [1.807, 2.05) is 49.4 Å². The number of carbonyl (C=O) groups is 1. The van der Waals surface area contributed by atoms with E-state index in [0.717, 1.165) is 16.7 Å². The number of hydrogen-bond acceptors (Lipinski definition) is 7. The molecule has 1 atom stereocenters. The Morgan fingerprint density at radius 2 is 1.73 bits per heavy atom. The smallest absolute Gasteiger partial charge is 0.349 e. The van der Waals surface area contributed by atoms with Gasteiger partial charge in [-0.05, 0) is 60.5 Å². The number of aryl methyl sites for hydroxylation is 1. The number of benzene rings is 4. The van der Waals surface area contributed by atoms with Crippen molar-refractivity contribution in [2.45, 2.75) is 19.4 Å². The number of ether oxygens (including phenoxy) is 4. The fourth-order valence-corrected chi connectivity index (χ4v) is 4.90. The predicted molar refractivity (Wildman–Crippen MR) is 155 cm³/mol. The number of fused-ring (bicyclic) bond motifs is 1. The zero-order chi connectivity index (χ0) is 28.9. The molecule has 0 amide bonds. The van der Waals surface area contributed by atoms with E-state index in [2.05, 4.69) is 6.07 Å². The average molecular weight is 587 g/mol. The van der Waals surface area contributed by atoms with E-state index in [9.17, 15) is 10.1 Å². The Balaban J connectivity index is 1.34. The van der Waals surface area contributed by atoms with Gasteiger partial charge in [0.05, 0.1) is 5.92 Å². The van der Waals surface area contributed by atoms with Crippen LogP contribution >= 0.6 is 23.2 Å². The summed E-state index contributed by atoms with van der Waals surface area (Å²) in [7, 11) is 0. The van der Waals surface area contributed by atoms with Gasteiger partial charge in [0.15, 0.2) is 6.61 Å². The first kappa shape index (κ1) is 27.9. The summed E-state index contributed by atoms with van der Waals surface area (Å²) in [4.78, 5) is 12.4. The van der Waals surface area contributed by atoms with Crippen molar-refractivity contribution in [1.82, 2.24) is 0 Å². The van der Waals surface area contributed by atoms with E-state index >= 15 is 0 Å². The number of allylic oxidation sites excluding steroid dienone is 1. The lowest BCUT2D eigenvalue weighted by Crippen LogP contribution is -2.21. The molecule has 0 bridgehead atoms. The molecular formula is C32H24Cl2N2O5. The van der Waals surface area contributed by atoms with Gasteiger partial charge in [0.25, 0.3) is 0 Å². The molecule has 7 nitrogen and oxygen atoms in total. The molecule has 0 aliphatic carbocycles. The number of hydrogen-bond donors (Lipinski definition) is 1. The molecule has 4 aromatic carbocycles. The van der Waals surface area contributed by atoms with Crippen LogP contribution in [0.1, 0.15) is 28.2 Å². The first-order valence-electron chi connectivity index (χ1n) is 12.6. The third-order valence-electron chi connectivity index (χ3n) is 6.37. The highest BCUT2D eigenvalue weighted by Crippen LogP contribution is 2.44. The molecule has 1 aliphatic rings. The van der Waals surface area contributed by atoms with Crippen molar-refractivity contribution >= 4 is 29.2 Å². The molecule has 0 aromatic heterocycles. The molecule has 0 fully saturated rings. The summed E-state index contributed by atoms with van der Waals surface area (Å²) < 4.78 is 22.8. The van der Waals surface area contributed by atoms with E-state index in [1.54, 1.807) is 42.5 Å². The second-order valence-corrected chi connectivity index (χ2v) is 10.1. The third-order valence-corrected chi connectivity index (χ3v) is 6.96. The van der Waals surface area contributed by atoms with Crippen LogP contribution in [0.25, 0.3) is 0 Å². The van der Waals surface area contributed by atoms with Gasteiger partial charge >= 0.3 is 5.97 Å². The van der Waals surface area contributed by atoms with Gasteiger partial charge in [-0.15, -0.1) is 0 Å². The molecule has 5 rings (SSSR count). The lowest BCUT2D eigenvalue weighted by Gasteiger charge is -2.27. The van der Waals surface area contributed by atoms with Crippen molar-refractivity contribution in [3.05, 3.63) is 129 Å². The lowest BCUT2D eigenvalue weighted by molar-refractivity contribution is -0.136. The van der Waals surface area contributed by atoms with Gasteiger partial charge in [0.1, 0.15) is 41.2 Å². The number of esters is 1. The van der Waals surface area contributed by atoms with Crippen LogP contribution in [-0.4, -0.2) is 12.6 Å². The van der Waals surface area contributed by atoms with E-state index < -0.39 is 11.9 Å². The minimum absolute atomic E-state index is 0.0319. The monoisotopic (exact) mass is 586 g/mol. The fourth-order valence-electron chi connectivity index (χ4n) is 4.43. The summed E-state index contributed by atoms with van der Waals surface area (Å²) >= 11 is 12.3. The molecule has 1 aliphatic heterocycles. The maximum Gasteiger partial charge on any atom is 0.349 e. The molecule has 4 aromatic rings.